The predicted molar refractivity (Wildman–Crippen MR) is 81.7 cm³/mol. The van der Waals surface area contributed by atoms with Gasteiger partial charge in [-0.05, 0) is 48.7 Å². The Bertz CT molecular complexity index is 786. The lowest BCUT2D eigenvalue weighted by molar-refractivity contribution is 0.644. The third-order valence-corrected chi connectivity index (χ3v) is 4.08. The van der Waals surface area contributed by atoms with Gasteiger partial charge in [0.2, 0.25) is 0 Å². The minimum atomic E-state index is 0.961. The van der Waals surface area contributed by atoms with Gasteiger partial charge in [-0.15, -0.1) is 0 Å². The number of hydrogen-bond donors (Lipinski definition) is 2. The zero-order valence-corrected chi connectivity index (χ0v) is 11.5. The fraction of sp³-hybridized carbons (Fsp3) is 0.235. The molecule has 0 atom stereocenters. The van der Waals surface area contributed by atoms with Crippen molar-refractivity contribution in [3.05, 3.63) is 53.1 Å². The fourth-order valence-corrected chi connectivity index (χ4v) is 2.94. The number of aryl methyl sites for hydroxylation is 1. The summed E-state index contributed by atoms with van der Waals surface area (Å²) < 4.78 is 0. The van der Waals surface area contributed by atoms with Gasteiger partial charge >= 0.3 is 0 Å². The van der Waals surface area contributed by atoms with Gasteiger partial charge in [0.15, 0.2) is 0 Å². The molecule has 4 rings (SSSR count). The van der Waals surface area contributed by atoms with E-state index < -0.39 is 0 Å². The lowest BCUT2D eigenvalue weighted by Gasteiger charge is -2.17. The number of aromatic nitrogens is 2. The summed E-state index contributed by atoms with van der Waals surface area (Å²) >= 11 is 0. The molecule has 0 fully saturated rings. The van der Waals surface area contributed by atoms with Crippen molar-refractivity contribution >= 4 is 11.0 Å². The van der Waals surface area contributed by atoms with Crippen molar-refractivity contribution in [2.45, 2.75) is 19.9 Å². The first-order valence-electron chi connectivity index (χ1n) is 7.09. The second kappa shape index (κ2) is 4.46. The van der Waals surface area contributed by atoms with Crippen LogP contribution in [0, 0.1) is 6.92 Å². The van der Waals surface area contributed by atoms with Gasteiger partial charge in [-0.25, -0.2) is 4.98 Å². The highest BCUT2D eigenvalue weighted by atomic mass is 14.9. The maximum absolute atomic E-state index is 4.76. The Morgan fingerprint density at radius 3 is 2.95 bits per heavy atom. The first-order chi connectivity index (χ1) is 9.81. The van der Waals surface area contributed by atoms with Crippen molar-refractivity contribution in [1.82, 2.24) is 15.3 Å². The van der Waals surface area contributed by atoms with Gasteiger partial charge in [-0.1, -0.05) is 24.3 Å². The average Bonchev–Trinajstić information content (AvgIpc) is 2.92. The number of fused-ring (bicyclic) bond motifs is 2. The van der Waals surface area contributed by atoms with E-state index >= 15 is 0 Å². The van der Waals surface area contributed by atoms with Crippen LogP contribution >= 0.6 is 0 Å². The van der Waals surface area contributed by atoms with Gasteiger partial charge in [0, 0.05) is 12.1 Å². The van der Waals surface area contributed by atoms with Crippen molar-refractivity contribution < 1.29 is 0 Å². The Labute approximate surface area is 118 Å². The molecule has 2 heterocycles. The van der Waals surface area contributed by atoms with E-state index in [9.17, 15) is 0 Å². The van der Waals surface area contributed by atoms with Crippen LogP contribution in [-0.2, 0) is 13.0 Å². The first-order valence-corrected chi connectivity index (χ1v) is 7.09. The summed E-state index contributed by atoms with van der Waals surface area (Å²) in [5.41, 5.74) is 7.41. The van der Waals surface area contributed by atoms with Crippen LogP contribution in [0.15, 0.2) is 36.4 Å². The average molecular weight is 263 g/mol. The summed E-state index contributed by atoms with van der Waals surface area (Å²) in [6, 6.07) is 12.9. The third kappa shape index (κ3) is 1.82. The molecule has 3 nitrogen and oxygen atoms in total. The standard InChI is InChI=1S/C17H17N3/c1-11-3-2-4-15-16(11)20-17(19-15)13-6-5-12-7-8-18-10-14(12)9-13/h2-6,9,18H,7-8,10H2,1H3,(H,19,20). The molecule has 0 bridgehead atoms. The Morgan fingerprint density at radius 2 is 2.05 bits per heavy atom. The van der Waals surface area contributed by atoms with E-state index in [4.69, 9.17) is 4.98 Å². The molecule has 0 aliphatic carbocycles. The van der Waals surface area contributed by atoms with Crippen LogP contribution < -0.4 is 5.32 Å². The SMILES string of the molecule is Cc1cccc2[nH]c(-c3ccc4c(c3)CNCC4)nc12. The number of nitrogens with one attached hydrogen (secondary N) is 2. The maximum atomic E-state index is 4.76. The number of nitrogens with zero attached hydrogens (tertiary/aromatic N) is 1. The second-order valence-corrected chi connectivity index (χ2v) is 5.47. The van der Waals surface area contributed by atoms with Gasteiger partial charge in [-0.3, -0.25) is 0 Å². The van der Waals surface area contributed by atoms with E-state index in [0.717, 1.165) is 36.4 Å². The quantitative estimate of drug-likeness (QED) is 0.708. The minimum absolute atomic E-state index is 0.961. The molecule has 2 N–H and O–H groups in total. The zero-order valence-electron chi connectivity index (χ0n) is 11.5. The number of H-pyrrole nitrogens is 1. The minimum Gasteiger partial charge on any atom is -0.338 e. The highest BCUT2D eigenvalue weighted by molar-refractivity contribution is 5.82. The number of para-hydroxylation sites is 1. The molecule has 0 saturated carbocycles. The van der Waals surface area contributed by atoms with Crippen molar-refractivity contribution in [3.8, 4) is 11.4 Å². The van der Waals surface area contributed by atoms with Gasteiger partial charge in [-0.2, -0.15) is 0 Å². The highest BCUT2D eigenvalue weighted by Gasteiger charge is 2.12. The normalized spacial score (nSPS) is 14.4. The maximum Gasteiger partial charge on any atom is 0.138 e. The van der Waals surface area contributed by atoms with Crippen LogP contribution in [0.3, 0.4) is 0 Å². The number of imidazole rings is 1. The number of rotatable bonds is 1. The topological polar surface area (TPSA) is 40.7 Å². The molecule has 3 heteroatoms. The molecular formula is C17H17N3. The summed E-state index contributed by atoms with van der Waals surface area (Å²) in [7, 11) is 0. The largest absolute Gasteiger partial charge is 0.338 e. The summed E-state index contributed by atoms with van der Waals surface area (Å²) in [6.07, 6.45) is 1.12. The number of benzene rings is 2. The Morgan fingerprint density at radius 1 is 1.10 bits per heavy atom. The molecule has 0 radical (unpaired) electrons. The Hall–Kier alpha value is -2.13. The molecule has 1 aliphatic heterocycles. The van der Waals surface area contributed by atoms with Crippen LogP contribution in [0.1, 0.15) is 16.7 Å². The van der Waals surface area contributed by atoms with Crippen molar-refractivity contribution in [3.63, 3.8) is 0 Å². The summed E-state index contributed by atoms with van der Waals surface area (Å²) in [5.74, 6) is 0.961. The summed E-state index contributed by atoms with van der Waals surface area (Å²) in [5, 5.41) is 3.42. The van der Waals surface area contributed by atoms with Crippen LogP contribution in [0.25, 0.3) is 22.4 Å². The van der Waals surface area contributed by atoms with Crippen molar-refractivity contribution in [2.75, 3.05) is 6.54 Å². The van der Waals surface area contributed by atoms with Crippen molar-refractivity contribution in [2.24, 2.45) is 0 Å². The van der Waals surface area contributed by atoms with Gasteiger partial charge in [0.25, 0.3) is 0 Å². The van der Waals surface area contributed by atoms with E-state index in [1.807, 2.05) is 0 Å². The zero-order chi connectivity index (χ0) is 13.5. The molecule has 1 aromatic heterocycles. The molecule has 2 aromatic carbocycles. The van der Waals surface area contributed by atoms with E-state index in [2.05, 4.69) is 53.6 Å². The van der Waals surface area contributed by atoms with E-state index in [1.165, 1.54) is 22.3 Å². The van der Waals surface area contributed by atoms with Crippen molar-refractivity contribution in [1.29, 1.82) is 0 Å². The lowest BCUT2D eigenvalue weighted by atomic mass is 9.98. The van der Waals surface area contributed by atoms with Gasteiger partial charge in [0.05, 0.1) is 11.0 Å². The lowest BCUT2D eigenvalue weighted by Crippen LogP contribution is -2.23. The Kier molecular flexibility index (Phi) is 2.60. The van der Waals surface area contributed by atoms with E-state index in [1.54, 1.807) is 0 Å². The molecule has 0 amide bonds. The molecule has 20 heavy (non-hydrogen) atoms. The fourth-order valence-electron chi connectivity index (χ4n) is 2.94. The number of hydrogen-bond acceptors (Lipinski definition) is 2. The molecule has 0 unspecified atom stereocenters. The molecule has 0 spiro atoms. The molecular weight excluding hydrogens is 246 g/mol. The van der Waals surface area contributed by atoms with Crippen LogP contribution in [0.4, 0.5) is 0 Å². The van der Waals surface area contributed by atoms with Gasteiger partial charge in [0.1, 0.15) is 5.82 Å². The molecule has 3 aromatic rings. The van der Waals surface area contributed by atoms with Crippen LogP contribution in [-0.4, -0.2) is 16.5 Å². The van der Waals surface area contributed by atoms with E-state index in [-0.39, 0.29) is 0 Å². The monoisotopic (exact) mass is 263 g/mol. The molecule has 1 aliphatic rings. The highest BCUT2D eigenvalue weighted by Crippen LogP contribution is 2.25. The molecule has 0 saturated heterocycles. The second-order valence-electron chi connectivity index (χ2n) is 5.47. The van der Waals surface area contributed by atoms with Crippen LogP contribution in [0.5, 0.6) is 0 Å². The summed E-state index contributed by atoms with van der Waals surface area (Å²) in [4.78, 5) is 8.18. The smallest absolute Gasteiger partial charge is 0.138 e. The third-order valence-electron chi connectivity index (χ3n) is 4.08. The summed E-state index contributed by atoms with van der Waals surface area (Å²) in [6.45, 7) is 4.14. The van der Waals surface area contributed by atoms with Gasteiger partial charge < -0.3 is 10.3 Å². The molecule has 100 valence electrons. The van der Waals surface area contributed by atoms with E-state index in [0.29, 0.717) is 0 Å². The number of aromatic amines is 1. The predicted octanol–water partition coefficient (Wildman–Crippen LogP) is 3.18. The van der Waals surface area contributed by atoms with Crippen LogP contribution in [0.2, 0.25) is 0 Å². The Balaban J connectivity index is 1.84. The first kappa shape index (κ1) is 11.7.